The lowest BCUT2D eigenvalue weighted by atomic mass is 9.81. The van der Waals surface area contributed by atoms with Gasteiger partial charge in [-0.1, -0.05) is 44.2 Å². The van der Waals surface area contributed by atoms with Gasteiger partial charge >= 0.3 is 0 Å². The first kappa shape index (κ1) is 12.2. The molecule has 0 aliphatic rings. The molecular weight excluding hydrogens is 184 g/mol. The Morgan fingerprint density at radius 1 is 1.13 bits per heavy atom. The van der Waals surface area contributed by atoms with Crippen molar-refractivity contribution in [2.75, 3.05) is 19.6 Å². The summed E-state index contributed by atoms with van der Waals surface area (Å²) in [6.07, 6.45) is 1.14. The first-order valence-corrected chi connectivity index (χ1v) is 5.63. The molecule has 1 aromatic rings. The molecule has 0 heterocycles. The quantitative estimate of drug-likeness (QED) is 0.698. The minimum absolute atomic E-state index is 0.239. The first-order valence-electron chi connectivity index (χ1n) is 5.63. The molecule has 1 aromatic carbocycles. The third kappa shape index (κ3) is 4.02. The summed E-state index contributed by atoms with van der Waals surface area (Å²) in [5.74, 6) is 0. The van der Waals surface area contributed by atoms with Crippen molar-refractivity contribution in [2.24, 2.45) is 5.73 Å². The number of benzene rings is 1. The van der Waals surface area contributed by atoms with E-state index in [4.69, 9.17) is 5.73 Å². The SMILES string of the molecule is CC(C)(CCNCCN)c1ccccc1. The largest absolute Gasteiger partial charge is 0.329 e. The molecule has 0 aromatic heterocycles. The van der Waals surface area contributed by atoms with Crippen molar-refractivity contribution in [2.45, 2.75) is 25.7 Å². The molecule has 0 saturated carbocycles. The summed E-state index contributed by atoms with van der Waals surface area (Å²) in [6, 6.07) is 10.7. The molecule has 2 heteroatoms. The van der Waals surface area contributed by atoms with Crippen LogP contribution < -0.4 is 11.1 Å². The lowest BCUT2D eigenvalue weighted by molar-refractivity contribution is 0.459. The van der Waals surface area contributed by atoms with Crippen molar-refractivity contribution < 1.29 is 0 Å². The Morgan fingerprint density at radius 2 is 1.80 bits per heavy atom. The van der Waals surface area contributed by atoms with Crippen molar-refractivity contribution >= 4 is 0 Å². The topological polar surface area (TPSA) is 38.0 Å². The monoisotopic (exact) mass is 206 g/mol. The Balaban J connectivity index is 2.45. The van der Waals surface area contributed by atoms with Crippen molar-refractivity contribution in [3.63, 3.8) is 0 Å². The van der Waals surface area contributed by atoms with Crippen LogP contribution in [0.4, 0.5) is 0 Å². The first-order chi connectivity index (χ1) is 7.17. The molecule has 0 aliphatic heterocycles. The highest BCUT2D eigenvalue weighted by Crippen LogP contribution is 2.25. The van der Waals surface area contributed by atoms with Gasteiger partial charge in [0.15, 0.2) is 0 Å². The average Bonchev–Trinajstić information content (AvgIpc) is 2.26. The summed E-state index contributed by atoms with van der Waals surface area (Å²) in [6.45, 7) is 7.22. The summed E-state index contributed by atoms with van der Waals surface area (Å²) in [4.78, 5) is 0. The molecule has 0 spiro atoms. The maximum atomic E-state index is 5.43. The van der Waals surface area contributed by atoms with Crippen LogP contribution in [0.2, 0.25) is 0 Å². The second-order valence-electron chi connectivity index (χ2n) is 4.54. The Labute approximate surface area is 92.9 Å². The van der Waals surface area contributed by atoms with E-state index in [0.29, 0.717) is 6.54 Å². The fourth-order valence-corrected chi connectivity index (χ4v) is 1.66. The maximum Gasteiger partial charge on any atom is 0.00745 e. The van der Waals surface area contributed by atoms with E-state index in [1.165, 1.54) is 5.56 Å². The second-order valence-corrected chi connectivity index (χ2v) is 4.54. The second kappa shape index (κ2) is 5.89. The van der Waals surface area contributed by atoms with Gasteiger partial charge in [0, 0.05) is 13.1 Å². The van der Waals surface area contributed by atoms with Gasteiger partial charge in [-0.25, -0.2) is 0 Å². The third-order valence-electron chi connectivity index (χ3n) is 2.80. The van der Waals surface area contributed by atoms with Crippen molar-refractivity contribution in [3.8, 4) is 0 Å². The van der Waals surface area contributed by atoms with Crippen LogP contribution in [0, 0.1) is 0 Å². The van der Waals surface area contributed by atoms with Gasteiger partial charge in [-0.2, -0.15) is 0 Å². The molecule has 0 saturated heterocycles. The highest BCUT2D eigenvalue weighted by atomic mass is 14.9. The summed E-state index contributed by atoms with van der Waals surface area (Å²) in [5, 5.41) is 3.34. The minimum Gasteiger partial charge on any atom is -0.329 e. The van der Waals surface area contributed by atoms with E-state index in [1.807, 2.05) is 0 Å². The zero-order chi connectivity index (χ0) is 11.1. The summed E-state index contributed by atoms with van der Waals surface area (Å²) < 4.78 is 0. The Morgan fingerprint density at radius 3 is 2.40 bits per heavy atom. The molecule has 0 unspecified atom stereocenters. The summed E-state index contributed by atoms with van der Waals surface area (Å²) in [7, 11) is 0. The zero-order valence-electron chi connectivity index (χ0n) is 9.79. The van der Waals surface area contributed by atoms with Gasteiger partial charge in [0.25, 0.3) is 0 Å². The van der Waals surface area contributed by atoms with Crippen LogP contribution in [-0.4, -0.2) is 19.6 Å². The molecule has 0 amide bonds. The van der Waals surface area contributed by atoms with Crippen LogP contribution in [0.1, 0.15) is 25.8 Å². The van der Waals surface area contributed by atoms with Crippen molar-refractivity contribution in [1.82, 2.24) is 5.32 Å². The lowest BCUT2D eigenvalue weighted by Crippen LogP contribution is -2.28. The normalized spacial score (nSPS) is 11.7. The molecule has 84 valence electrons. The molecule has 0 atom stereocenters. The predicted molar refractivity (Wildman–Crippen MR) is 66.0 cm³/mol. The van der Waals surface area contributed by atoms with Gasteiger partial charge < -0.3 is 11.1 Å². The Bertz CT molecular complexity index is 267. The van der Waals surface area contributed by atoms with Crippen LogP contribution in [-0.2, 0) is 5.41 Å². The Kier molecular flexibility index (Phi) is 4.79. The number of rotatable bonds is 6. The standard InChI is InChI=1S/C13H22N2/c1-13(2,8-10-15-11-9-14)12-6-4-3-5-7-12/h3-7,15H,8-11,14H2,1-2H3. The number of hydrogen-bond donors (Lipinski definition) is 2. The molecule has 0 aliphatic carbocycles. The van der Waals surface area contributed by atoms with Gasteiger partial charge in [-0.3, -0.25) is 0 Å². The summed E-state index contributed by atoms with van der Waals surface area (Å²) in [5.41, 5.74) is 7.07. The van der Waals surface area contributed by atoms with Crippen LogP contribution in [0.5, 0.6) is 0 Å². The van der Waals surface area contributed by atoms with E-state index in [2.05, 4.69) is 49.5 Å². The maximum absolute atomic E-state index is 5.43. The van der Waals surface area contributed by atoms with Gasteiger partial charge in [-0.05, 0) is 23.9 Å². The average molecular weight is 206 g/mol. The van der Waals surface area contributed by atoms with E-state index in [1.54, 1.807) is 0 Å². The molecule has 2 nitrogen and oxygen atoms in total. The van der Waals surface area contributed by atoms with E-state index in [9.17, 15) is 0 Å². The molecule has 1 rings (SSSR count). The van der Waals surface area contributed by atoms with Gasteiger partial charge in [0.2, 0.25) is 0 Å². The van der Waals surface area contributed by atoms with Crippen LogP contribution >= 0.6 is 0 Å². The zero-order valence-corrected chi connectivity index (χ0v) is 9.79. The van der Waals surface area contributed by atoms with E-state index in [-0.39, 0.29) is 5.41 Å². The molecule has 15 heavy (non-hydrogen) atoms. The van der Waals surface area contributed by atoms with E-state index < -0.39 is 0 Å². The van der Waals surface area contributed by atoms with Gasteiger partial charge in [-0.15, -0.1) is 0 Å². The molecule has 0 radical (unpaired) electrons. The fraction of sp³-hybridized carbons (Fsp3) is 0.538. The molecule has 3 N–H and O–H groups in total. The number of nitrogens with two attached hydrogens (primary N) is 1. The van der Waals surface area contributed by atoms with Crippen LogP contribution in [0.3, 0.4) is 0 Å². The number of nitrogens with one attached hydrogen (secondary N) is 1. The van der Waals surface area contributed by atoms with Gasteiger partial charge in [0.05, 0.1) is 0 Å². The summed E-state index contributed by atoms with van der Waals surface area (Å²) >= 11 is 0. The molecule has 0 fully saturated rings. The highest BCUT2D eigenvalue weighted by Gasteiger charge is 2.18. The predicted octanol–water partition coefficient (Wildman–Crippen LogP) is 1.90. The molecular formula is C13H22N2. The Hall–Kier alpha value is -0.860. The minimum atomic E-state index is 0.239. The molecule has 0 bridgehead atoms. The van der Waals surface area contributed by atoms with Crippen molar-refractivity contribution in [1.29, 1.82) is 0 Å². The van der Waals surface area contributed by atoms with E-state index in [0.717, 1.165) is 19.5 Å². The third-order valence-corrected chi connectivity index (χ3v) is 2.80. The smallest absolute Gasteiger partial charge is 0.00745 e. The van der Waals surface area contributed by atoms with Crippen LogP contribution in [0.15, 0.2) is 30.3 Å². The number of hydrogen-bond acceptors (Lipinski definition) is 2. The lowest BCUT2D eigenvalue weighted by Gasteiger charge is -2.25. The van der Waals surface area contributed by atoms with Crippen LogP contribution in [0.25, 0.3) is 0 Å². The van der Waals surface area contributed by atoms with Crippen molar-refractivity contribution in [3.05, 3.63) is 35.9 Å². The van der Waals surface area contributed by atoms with Gasteiger partial charge in [0.1, 0.15) is 0 Å². The highest BCUT2D eigenvalue weighted by molar-refractivity contribution is 5.23. The van der Waals surface area contributed by atoms with E-state index >= 15 is 0 Å². The fourth-order valence-electron chi connectivity index (χ4n) is 1.66.